The molecule has 0 radical (unpaired) electrons. The quantitative estimate of drug-likeness (QED) is 0.662. The minimum atomic E-state index is -0.343. The number of carbonyl (C=O) groups excluding carboxylic acids is 1. The van der Waals surface area contributed by atoms with Gasteiger partial charge in [-0.15, -0.1) is 0 Å². The summed E-state index contributed by atoms with van der Waals surface area (Å²) in [6, 6.07) is 19.2. The number of aromatic nitrogens is 1. The minimum Gasteiger partial charge on any atom is -0.464 e. The predicted octanol–water partition coefficient (Wildman–Crippen LogP) is 4.24. The Morgan fingerprint density at radius 3 is 2.60 bits per heavy atom. The van der Waals surface area contributed by atoms with Crippen LogP contribution < -0.4 is 5.32 Å². The van der Waals surface area contributed by atoms with Crippen molar-refractivity contribution in [3.05, 3.63) is 71.4 Å². The third-order valence-corrected chi connectivity index (χ3v) is 4.47. The Hall–Kier alpha value is -2.59. The molecule has 0 aliphatic rings. The van der Waals surface area contributed by atoms with E-state index in [2.05, 4.69) is 60.5 Å². The van der Waals surface area contributed by atoms with Crippen LogP contribution in [0.5, 0.6) is 0 Å². The lowest BCUT2D eigenvalue weighted by molar-refractivity contribution is 0.0595. The summed E-state index contributed by atoms with van der Waals surface area (Å²) in [6.45, 7) is 4.38. The zero-order valence-electron chi connectivity index (χ0n) is 14.9. The molecule has 2 aromatic carbocycles. The van der Waals surface area contributed by atoms with E-state index >= 15 is 0 Å². The number of ether oxygens (including phenoxy) is 1. The van der Waals surface area contributed by atoms with Gasteiger partial charge < -0.3 is 15.0 Å². The first-order valence-electron chi connectivity index (χ1n) is 8.58. The molecule has 130 valence electrons. The maximum absolute atomic E-state index is 11.6. The van der Waals surface area contributed by atoms with Crippen LogP contribution in [0.2, 0.25) is 0 Å². The van der Waals surface area contributed by atoms with Gasteiger partial charge >= 0.3 is 5.97 Å². The molecular formula is C21H24N2O2. The lowest BCUT2D eigenvalue weighted by atomic mass is 10.0. The van der Waals surface area contributed by atoms with Crippen LogP contribution in [0.4, 0.5) is 0 Å². The number of hydrogen-bond acceptors (Lipinski definition) is 3. The van der Waals surface area contributed by atoms with Crippen LogP contribution in [0.3, 0.4) is 0 Å². The summed E-state index contributed by atoms with van der Waals surface area (Å²) < 4.78 is 4.77. The van der Waals surface area contributed by atoms with Gasteiger partial charge in [-0.1, -0.05) is 36.4 Å². The summed E-state index contributed by atoms with van der Waals surface area (Å²) in [6.07, 6.45) is 0.922. The number of esters is 1. The number of rotatable bonds is 6. The second-order valence-electron chi connectivity index (χ2n) is 6.50. The van der Waals surface area contributed by atoms with Gasteiger partial charge in [0.15, 0.2) is 0 Å². The maximum atomic E-state index is 11.6. The van der Waals surface area contributed by atoms with Crippen molar-refractivity contribution < 1.29 is 9.53 Å². The number of fused-ring (bicyclic) bond motifs is 1. The van der Waals surface area contributed by atoms with Gasteiger partial charge in [0.05, 0.1) is 7.11 Å². The fourth-order valence-corrected chi connectivity index (χ4v) is 3.21. The Labute approximate surface area is 148 Å². The summed E-state index contributed by atoms with van der Waals surface area (Å²) >= 11 is 0. The third-order valence-electron chi connectivity index (χ3n) is 4.47. The minimum absolute atomic E-state index is 0.304. The Morgan fingerprint density at radius 2 is 1.88 bits per heavy atom. The summed E-state index contributed by atoms with van der Waals surface area (Å²) in [5.74, 6) is -0.343. The van der Waals surface area contributed by atoms with E-state index in [1.165, 1.54) is 18.2 Å². The fraction of sp³-hybridized carbons (Fsp3) is 0.286. The van der Waals surface area contributed by atoms with Gasteiger partial charge in [0.1, 0.15) is 5.69 Å². The van der Waals surface area contributed by atoms with E-state index in [0.29, 0.717) is 17.8 Å². The molecule has 1 heterocycles. The maximum Gasteiger partial charge on any atom is 0.354 e. The van der Waals surface area contributed by atoms with Crippen LogP contribution in [-0.4, -0.2) is 24.1 Å². The van der Waals surface area contributed by atoms with E-state index in [0.717, 1.165) is 17.3 Å². The van der Waals surface area contributed by atoms with Crippen molar-refractivity contribution in [1.29, 1.82) is 0 Å². The summed E-state index contributed by atoms with van der Waals surface area (Å²) in [7, 11) is 1.39. The van der Waals surface area contributed by atoms with Crippen LogP contribution >= 0.6 is 0 Å². The average Bonchev–Trinajstić information content (AvgIpc) is 3.05. The Balaban J connectivity index is 1.68. The zero-order chi connectivity index (χ0) is 17.8. The number of H-pyrrole nitrogens is 1. The van der Waals surface area contributed by atoms with Crippen molar-refractivity contribution in [2.45, 2.75) is 32.4 Å². The monoisotopic (exact) mass is 336 g/mol. The first-order chi connectivity index (χ1) is 12.1. The van der Waals surface area contributed by atoms with Crippen LogP contribution in [0.25, 0.3) is 10.9 Å². The van der Waals surface area contributed by atoms with E-state index in [-0.39, 0.29) is 5.97 Å². The average molecular weight is 336 g/mol. The van der Waals surface area contributed by atoms with Crippen molar-refractivity contribution in [3.8, 4) is 0 Å². The number of aromatic amines is 1. The van der Waals surface area contributed by atoms with Gasteiger partial charge in [-0.05, 0) is 49.6 Å². The Morgan fingerprint density at radius 1 is 1.12 bits per heavy atom. The first-order valence-corrected chi connectivity index (χ1v) is 8.58. The molecule has 2 N–H and O–H groups in total. The van der Waals surface area contributed by atoms with Crippen LogP contribution in [0.15, 0.2) is 54.6 Å². The van der Waals surface area contributed by atoms with Gasteiger partial charge in [-0.3, -0.25) is 0 Å². The van der Waals surface area contributed by atoms with E-state index in [1.807, 2.05) is 18.2 Å². The first kappa shape index (κ1) is 17.2. The molecular weight excluding hydrogens is 312 g/mol. The van der Waals surface area contributed by atoms with Gasteiger partial charge in [-0.25, -0.2) is 4.79 Å². The van der Waals surface area contributed by atoms with Crippen molar-refractivity contribution in [2.75, 3.05) is 7.11 Å². The molecule has 0 bridgehead atoms. The van der Waals surface area contributed by atoms with Crippen LogP contribution in [-0.2, 0) is 11.2 Å². The molecule has 4 nitrogen and oxygen atoms in total. The van der Waals surface area contributed by atoms with E-state index in [1.54, 1.807) is 0 Å². The molecule has 3 rings (SSSR count). The predicted molar refractivity (Wildman–Crippen MR) is 101 cm³/mol. The highest BCUT2D eigenvalue weighted by Crippen LogP contribution is 2.19. The number of methoxy groups -OCH3 is 1. The second kappa shape index (κ2) is 7.53. The highest BCUT2D eigenvalue weighted by atomic mass is 16.5. The lowest BCUT2D eigenvalue weighted by Gasteiger charge is -2.20. The smallest absolute Gasteiger partial charge is 0.354 e. The molecule has 0 aliphatic heterocycles. The van der Waals surface area contributed by atoms with E-state index < -0.39 is 0 Å². The third kappa shape index (κ3) is 4.09. The fourth-order valence-electron chi connectivity index (χ4n) is 3.21. The van der Waals surface area contributed by atoms with Crippen LogP contribution in [0, 0.1) is 0 Å². The number of hydrogen-bond donors (Lipinski definition) is 2. The number of benzene rings is 2. The summed E-state index contributed by atoms with van der Waals surface area (Å²) in [4.78, 5) is 14.7. The van der Waals surface area contributed by atoms with Crippen molar-refractivity contribution >= 4 is 16.9 Å². The SMILES string of the molecule is COC(=O)c1cc2cc(C[C@@H](C)N[C@H](C)c3ccccc3)ccc2[nH]1. The summed E-state index contributed by atoms with van der Waals surface area (Å²) in [5.41, 5.74) is 3.96. The molecule has 0 spiro atoms. The summed E-state index contributed by atoms with van der Waals surface area (Å²) in [5, 5.41) is 4.67. The van der Waals surface area contributed by atoms with Crippen molar-refractivity contribution in [3.63, 3.8) is 0 Å². The Bertz CT molecular complexity index is 855. The lowest BCUT2D eigenvalue weighted by Crippen LogP contribution is -2.30. The standard InChI is InChI=1S/C21H24N2O2/c1-14(22-15(2)17-7-5-4-6-8-17)11-16-9-10-19-18(12-16)13-20(23-19)21(24)25-3/h4-10,12-15,22-23H,11H2,1-3H3/t14-,15-/m1/s1. The van der Waals surface area contributed by atoms with Gasteiger partial charge in [-0.2, -0.15) is 0 Å². The number of carbonyl (C=O) groups is 1. The molecule has 1 aromatic heterocycles. The molecule has 3 aromatic rings. The normalized spacial score (nSPS) is 13.6. The highest BCUT2D eigenvalue weighted by Gasteiger charge is 2.12. The van der Waals surface area contributed by atoms with Crippen molar-refractivity contribution in [2.24, 2.45) is 0 Å². The molecule has 0 aliphatic carbocycles. The van der Waals surface area contributed by atoms with Crippen LogP contribution in [0.1, 0.15) is 41.5 Å². The molecule has 0 amide bonds. The van der Waals surface area contributed by atoms with E-state index in [9.17, 15) is 4.79 Å². The van der Waals surface area contributed by atoms with Gasteiger partial charge in [0, 0.05) is 23.0 Å². The molecule has 4 heteroatoms. The number of nitrogens with one attached hydrogen (secondary N) is 2. The highest BCUT2D eigenvalue weighted by molar-refractivity contribution is 5.94. The largest absolute Gasteiger partial charge is 0.464 e. The molecule has 2 atom stereocenters. The Kier molecular flexibility index (Phi) is 5.19. The second-order valence-corrected chi connectivity index (χ2v) is 6.50. The molecule has 0 fully saturated rings. The molecule has 0 unspecified atom stereocenters. The van der Waals surface area contributed by atoms with Gasteiger partial charge in [0.25, 0.3) is 0 Å². The molecule has 25 heavy (non-hydrogen) atoms. The van der Waals surface area contributed by atoms with E-state index in [4.69, 9.17) is 4.74 Å². The topological polar surface area (TPSA) is 54.1 Å². The van der Waals surface area contributed by atoms with Gasteiger partial charge in [0.2, 0.25) is 0 Å². The zero-order valence-corrected chi connectivity index (χ0v) is 14.9. The molecule has 0 saturated heterocycles. The molecule has 0 saturated carbocycles. The van der Waals surface area contributed by atoms with Crippen molar-refractivity contribution in [1.82, 2.24) is 10.3 Å².